The molecule has 2 amide bonds. The highest BCUT2D eigenvalue weighted by Gasteiger charge is 2.18. The molecule has 0 aliphatic rings. The van der Waals surface area contributed by atoms with Gasteiger partial charge in [-0.25, -0.2) is 14.6 Å². The first-order valence-electron chi connectivity index (χ1n) is 5.35. The molecule has 0 spiro atoms. The summed E-state index contributed by atoms with van der Waals surface area (Å²) in [5, 5.41) is 28.4. The molecular weight excluding hydrogens is 242 g/mol. The monoisotopic (exact) mass is 257 g/mol. The van der Waals surface area contributed by atoms with Crippen molar-refractivity contribution in [2.45, 2.75) is 18.9 Å². The molecule has 0 saturated heterocycles. The average molecular weight is 257 g/mol. The van der Waals surface area contributed by atoms with Crippen LogP contribution in [0.25, 0.3) is 0 Å². The number of aliphatic hydroxyl groups excluding tert-OH is 1. The van der Waals surface area contributed by atoms with Gasteiger partial charge in [0.15, 0.2) is 0 Å². The summed E-state index contributed by atoms with van der Waals surface area (Å²) in [7, 11) is 0. The highest BCUT2D eigenvalue weighted by molar-refractivity contribution is 5.82. The van der Waals surface area contributed by atoms with Crippen molar-refractivity contribution in [2.24, 2.45) is 0 Å². The highest BCUT2D eigenvalue weighted by Crippen LogP contribution is 1.91. The maximum absolute atomic E-state index is 11.3. The second-order valence-electron chi connectivity index (χ2n) is 3.49. The van der Waals surface area contributed by atoms with Gasteiger partial charge in [0.1, 0.15) is 18.2 Å². The van der Waals surface area contributed by atoms with E-state index in [0.29, 0.717) is 18.8 Å². The fourth-order valence-corrected chi connectivity index (χ4v) is 1.24. The van der Waals surface area contributed by atoms with E-state index in [0.717, 1.165) is 0 Å². The molecule has 1 rings (SSSR count). The summed E-state index contributed by atoms with van der Waals surface area (Å²) in [4.78, 5) is 25.9. The van der Waals surface area contributed by atoms with E-state index in [-0.39, 0.29) is 13.0 Å². The van der Waals surface area contributed by atoms with E-state index in [1.54, 1.807) is 0 Å². The number of aliphatic hydroxyl groups is 1. The molecule has 1 heterocycles. The van der Waals surface area contributed by atoms with Crippen molar-refractivity contribution < 1.29 is 19.8 Å². The standard InChI is InChI=1S/C9H15N5O4/c15-4-2-6(8(16)17)13-9(18)10-3-1-7-11-5-12-14-7/h5-6,15H,1-4H2,(H,16,17)(H2,10,13,18)(H,11,12,14)/t6-/m1/s1. The molecule has 18 heavy (non-hydrogen) atoms. The Morgan fingerprint density at radius 1 is 1.50 bits per heavy atom. The number of aromatic amines is 1. The number of H-pyrrole nitrogens is 1. The first-order valence-corrected chi connectivity index (χ1v) is 5.35. The minimum Gasteiger partial charge on any atom is -0.480 e. The number of carbonyl (C=O) groups excluding carboxylic acids is 1. The molecule has 5 N–H and O–H groups in total. The van der Waals surface area contributed by atoms with Crippen molar-refractivity contribution in [3.8, 4) is 0 Å². The van der Waals surface area contributed by atoms with Crippen molar-refractivity contribution in [2.75, 3.05) is 13.2 Å². The second-order valence-corrected chi connectivity index (χ2v) is 3.49. The summed E-state index contributed by atoms with van der Waals surface area (Å²) in [6.07, 6.45) is 1.78. The van der Waals surface area contributed by atoms with E-state index >= 15 is 0 Å². The molecule has 9 heteroatoms. The van der Waals surface area contributed by atoms with Gasteiger partial charge in [-0.2, -0.15) is 5.10 Å². The van der Waals surface area contributed by atoms with Gasteiger partial charge < -0.3 is 20.8 Å². The summed E-state index contributed by atoms with van der Waals surface area (Å²) in [6.45, 7) is -0.0121. The first-order chi connectivity index (χ1) is 8.63. The summed E-state index contributed by atoms with van der Waals surface area (Å²) in [5.41, 5.74) is 0. The van der Waals surface area contributed by atoms with Crippen LogP contribution >= 0.6 is 0 Å². The first kappa shape index (κ1) is 13.9. The van der Waals surface area contributed by atoms with Crippen molar-refractivity contribution in [1.29, 1.82) is 0 Å². The van der Waals surface area contributed by atoms with Crippen LogP contribution < -0.4 is 10.6 Å². The van der Waals surface area contributed by atoms with E-state index in [4.69, 9.17) is 10.2 Å². The average Bonchev–Trinajstić information content (AvgIpc) is 2.81. The highest BCUT2D eigenvalue weighted by atomic mass is 16.4. The number of carboxylic acid groups (broad SMARTS) is 1. The Morgan fingerprint density at radius 2 is 2.28 bits per heavy atom. The summed E-state index contributed by atoms with van der Waals surface area (Å²) in [5.74, 6) is -0.560. The van der Waals surface area contributed by atoms with E-state index in [2.05, 4.69) is 25.8 Å². The Bertz CT molecular complexity index is 380. The van der Waals surface area contributed by atoms with E-state index in [9.17, 15) is 9.59 Å². The number of nitrogens with zero attached hydrogens (tertiary/aromatic N) is 2. The molecule has 0 fully saturated rings. The van der Waals surface area contributed by atoms with Gasteiger partial charge in [-0.3, -0.25) is 5.10 Å². The lowest BCUT2D eigenvalue weighted by Crippen LogP contribution is -2.46. The van der Waals surface area contributed by atoms with E-state index < -0.39 is 18.0 Å². The lowest BCUT2D eigenvalue weighted by atomic mass is 10.2. The molecular formula is C9H15N5O4. The molecule has 100 valence electrons. The van der Waals surface area contributed by atoms with Crippen molar-refractivity contribution in [3.05, 3.63) is 12.2 Å². The predicted octanol–water partition coefficient (Wildman–Crippen LogP) is -1.52. The van der Waals surface area contributed by atoms with E-state index in [1.165, 1.54) is 6.33 Å². The van der Waals surface area contributed by atoms with Crippen molar-refractivity contribution in [3.63, 3.8) is 0 Å². The topological polar surface area (TPSA) is 140 Å². The fourth-order valence-electron chi connectivity index (χ4n) is 1.24. The molecule has 0 aliphatic heterocycles. The molecule has 0 unspecified atom stereocenters. The number of hydrogen-bond acceptors (Lipinski definition) is 5. The van der Waals surface area contributed by atoms with Crippen molar-refractivity contribution >= 4 is 12.0 Å². The van der Waals surface area contributed by atoms with Crippen LogP contribution in [0.4, 0.5) is 4.79 Å². The van der Waals surface area contributed by atoms with Crippen LogP contribution in [0.15, 0.2) is 6.33 Å². The zero-order valence-electron chi connectivity index (χ0n) is 9.59. The Labute approximate surface area is 103 Å². The van der Waals surface area contributed by atoms with Gasteiger partial charge in [0.25, 0.3) is 0 Å². The Hall–Kier alpha value is -2.16. The molecule has 1 aromatic rings. The zero-order valence-corrected chi connectivity index (χ0v) is 9.59. The van der Waals surface area contributed by atoms with Crippen LogP contribution in [-0.2, 0) is 11.2 Å². The van der Waals surface area contributed by atoms with E-state index in [1.807, 2.05) is 0 Å². The molecule has 0 radical (unpaired) electrons. The molecule has 0 aromatic carbocycles. The molecule has 9 nitrogen and oxygen atoms in total. The third kappa shape index (κ3) is 4.78. The smallest absolute Gasteiger partial charge is 0.326 e. The van der Waals surface area contributed by atoms with Crippen LogP contribution in [0.3, 0.4) is 0 Å². The summed E-state index contributed by atoms with van der Waals surface area (Å²) >= 11 is 0. The SMILES string of the molecule is O=C(NCCc1ncn[nH]1)N[C@H](CCO)C(=O)O. The second kappa shape index (κ2) is 7.22. The summed E-state index contributed by atoms with van der Waals surface area (Å²) < 4.78 is 0. The minimum atomic E-state index is -1.19. The predicted molar refractivity (Wildman–Crippen MR) is 59.7 cm³/mol. The van der Waals surface area contributed by atoms with Crippen LogP contribution in [0, 0.1) is 0 Å². The molecule has 0 aliphatic carbocycles. The third-order valence-electron chi connectivity index (χ3n) is 2.13. The Morgan fingerprint density at radius 3 is 2.83 bits per heavy atom. The fraction of sp³-hybridized carbons (Fsp3) is 0.556. The Kier molecular flexibility index (Phi) is 5.58. The molecule has 1 atom stereocenters. The zero-order chi connectivity index (χ0) is 13.4. The largest absolute Gasteiger partial charge is 0.480 e. The number of aromatic nitrogens is 3. The van der Waals surface area contributed by atoms with Gasteiger partial charge in [-0.1, -0.05) is 0 Å². The quantitative estimate of drug-likeness (QED) is 0.402. The van der Waals surface area contributed by atoms with Gasteiger partial charge in [-0.15, -0.1) is 0 Å². The lowest BCUT2D eigenvalue weighted by Gasteiger charge is -2.13. The van der Waals surface area contributed by atoms with Gasteiger partial charge in [0, 0.05) is 26.0 Å². The van der Waals surface area contributed by atoms with Gasteiger partial charge in [-0.05, 0) is 0 Å². The van der Waals surface area contributed by atoms with Gasteiger partial charge in [0.2, 0.25) is 0 Å². The van der Waals surface area contributed by atoms with Crippen LogP contribution in [0.5, 0.6) is 0 Å². The Balaban J connectivity index is 2.25. The molecule has 0 bridgehead atoms. The van der Waals surface area contributed by atoms with Crippen LogP contribution in [0.1, 0.15) is 12.2 Å². The van der Waals surface area contributed by atoms with Gasteiger partial charge in [0.05, 0.1) is 0 Å². The number of rotatable bonds is 7. The molecule has 0 saturated carbocycles. The number of aliphatic carboxylic acids is 1. The lowest BCUT2D eigenvalue weighted by molar-refractivity contribution is -0.139. The number of hydrogen-bond donors (Lipinski definition) is 5. The maximum Gasteiger partial charge on any atom is 0.326 e. The van der Waals surface area contributed by atoms with Gasteiger partial charge >= 0.3 is 12.0 Å². The number of urea groups is 1. The maximum atomic E-state index is 11.3. The van der Waals surface area contributed by atoms with Crippen LogP contribution in [-0.4, -0.2) is 56.6 Å². The normalized spacial score (nSPS) is 11.8. The van der Waals surface area contributed by atoms with Crippen LogP contribution in [0.2, 0.25) is 0 Å². The molecule has 1 aromatic heterocycles. The third-order valence-corrected chi connectivity index (χ3v) is 2.13. The summed E-state index contributed by atoms with van der Waals surface area (Å²) in [6, 6.07) is -1.70. The number of amides is 2. The number of carboxylic acids is 1. The number of nitrogens with one attached hydrogen (secondary N) is 3. The minimum absolute atomic E-state index is 0.0368. The number of carbonyl (C=O) groups is 2. The van der Waals surface area contributed by atoms with Crippen molar-refractivity contribution in [1.82, 2.24) is 25.8 Å².